The van der Waals surface area contributed by atoms with E-state index in [0.717, 1.165) is 28.8 Å². The van der Waals surface area contributed by atoms with Crippen molar-refractivity contribution in [1.29, 1.82) is 0 Å². The van der Waals surface area contributed by atoms with Crippen molar-refractivity contribution >= 4 is 23.9 Å². The summed E-state index contributed by atoms with van der Waals surface area (Å²) in [6.07, 6.45) is 3.98. The smallest absolute Gasteiger partial charge is 0.209 e. The van der Waals surface area contributed by atoms with Crippen LogP contribution < -0.4 is 0 Å². The van der Waals surface area contributed by atoms with Crippen LogP contribution >= 0.6 is 11.8 Å². The number of rotatable bonds is 7. The maximum absolute atomic E-state index is 4.51. The Labute approximate surface area is 153 Å². The maximum Gasteiger partial charge on any atom is 0.209 e. The third-order valence-electron chi connectivity index (χ3n) is 3.57. The average Bonchev–Trinajstić information content (AvgIpc) is 3.07. The van der Waals surface area contributed by atoms with Crippen molar-refractivity contribution in [3.8, 4) is 0 Å². The maximum atomic E-state index is 4.51. The van der Waals surface area contributed by atoms with Crippen LogP contribution in [0.25, 0.3) is 12.2 Å². The zero-order valence-electron chi connectivity index (χ0n) is 14.5. The van der Waals surface area contributed by atoms with Gasteiger partial charge < -0.3 is 4.90 Å². The highest BCUT2D eigenvalue weighted by Crippen LogP contribution is 2.20. The van der Waals surface area contributed by atoms with Crippen LogP contribution in [0.1, 0.15) is 22.5 Å². The summed E-state index contributed by atoms with van der Waals surface area (Å²) in [5.74, 6) is 1.63. The van der Waals surface area contributed by atoms with Crippen molar-refractivity contribution in [2.75, 3.05) is 14.1 Å². The molecule has 0 atom stereocenters. The summed E-state index contributed by atoms with van der Waals surface area (Å²) < 4.78 is 0. The number of benzene rings is 2. The molecule has 0 unspecified atom stereocenters. The first-order valence-corrected chi connectivity index (χ1v) is 9.18. The largest absolute Gasteiger partial charge is 0.305 e. The lowest BCUT2D eigenvalue weighted by atomic mass is 10.1. The molecular formula is C20H22N4S. The molecule has 3 aromatic rings. The average molecular weight is 350 g/mol. The fourth-order valence-electron chi connectivity index (χ4n) is 2.47. The molecular weight excluding hydrogens is 328 g/mol. The number of nitrogens with zero attached hydrogens (tertiary/aromatic N) is 3. The molecule has 0 fully saturated rings. The van der Waals surface area contributed by atoms with E-state index in [0.29, 0.717) is 0 Å². The lowest BCUT2D eigenvalue weighted by Crippen LogP contribution is -2.10. The second kappa shape index (κ2) is 8.65. The molecule has 0 saturated carbocycles. The first-order valence-electron chi connectivity index (χ1n) is 8.20. The Balaban J connectivity index is 1.58. The van der Waals surface area contributed by atoms with Gasteiger partial charge in [-0.3, -0.25) is 5.10 Å². The molecule has 1 N–H and O–H groups in total. The molecule has 1 heterocycles. The van der Waals surface area contributed by atoms with E-state index in [2.05, 4.69) is 70.6 Å². The molecule has 0 aliphatic rings. The topological polar surface area (TPSA) is 44.8 Å². The molecule has 0 amide bonds. The van der Waals surface area contributed by atoms with Gasteiger partial charge in [0.05, 0.1) is 0 Å². The van der Waals surface area contributed by atoms with Gasteiger partial charge in [-0.15, -0.1) is 5.10 Å². The number of nitrogens with one attached hydrogen (secondary N) is 1. The van der Waals surface area contributed by atoms with Crippen molar-refractivity contribution in [2.24, 2.45) is 0 Å². The molecule has 25 heavy (non-hydrogen) atoms. The Morgan fingerprint density at radius 3 is 2.60 bits per heavy atom. The second-order valence-electron chi connectivity index (χ2n) is 6.09. The van der Waals surface area contributed by atoms with Crippen LogP contribution in [0, 0.1) is 0 Å². The number of aromatic nitrogens is 3. The molecule has 0 bridgehead atoms. The van der Waals surface area contributed by atoms with Gasteiger partial charge in [0.25, 0.3) is 0 Å². The first-order chi connectivity index (χ1) is 12.2. The van der Waals surface area contributed by atoms with Gasteiger partial charge in [-0.2, -0.15) is 0 Å². The molecule has 1 aromatic heterocycles. The predicted molar refractivity (Wildman–Crippen MR) is 105 cm³/mol. The van der Waals surface area contributed by atoms with Crippen molar-refractivity contribution in [3.05, 3.63) is 77.1 Å². The van der Waals surface area contributed by atoms with Gasteiger partial charge >= 0.3 is 0 Å². The zero-order chi connectivity index (χ0) is 17.5. The van der Waals surface area contributed by atoms with Gasteiger partial charge in [0.15, 0.2) is 0 Å². The molecule has 2 aromatic carbocycles. The van der Waals surface area contributed by atoms with Crippen LogP contribution in [0.2, 0.25) is 0 Å². The van der Waals surface area contributed by atoms with E-state index in [4.69, 9.17) is 0 Å². The molecule has 0 radical (unpaired) electrons. The minimum absolute atomic E-state index is 0.769. The second-order valence-corrected chi connectivity index (χ2v) is 7.04. The number of hydrogen-bond donors (Lipinski definition) is 1. The number of thioether (sulfide) groups is 1. The third-order valence-corrected chi connectivity index (χ3v) is 4.49. The lowest BCUT2D eigenvalue weighted by molar-refractivity contribution is 0.402. The highest BCUT2D eigenvalue weighted by atomic mass is 32.2. The van der Waals surface area contributed by atoms with E-state index in [1.807, 2.05) is 30.4 Å². The number of H-pyrrole nitrogens is 1. The van der Waals surface area contributed by atoms with Gasteiger partial charge in [0.1, 0.15) is 5.82 Å². The van der Waals surface area contributed by atoms with E-state index in [1.165, 1.54) is 11.1 Å². The van der Waals surface area contributed by atoms with Crippen LogP contribution in [0.5, 0.6) is 0 Å². The first kappa shape index (κ1) is 17.5. The molecule has 0 aliphatic carbocycles. The van der Waals surface area contributed by atoms with Crippen molar-refractivity contribution in [1.82, 2.24) is 20.1 Å². The quantitative estimate of drug-likeness (QED) is 0.644. The molecule has 0 saturated heterocycles. The summed E-state index contributed by atoms with van der Waals surface area (Å²) in [7, 11) is 4.17. The van der Waals surface area contributed by atoms with E-state index in [-0.39, 0.29) is 0 Å². The van der Waals surface area contributed by atoms with Gasteiger partial charge in [-0.25, -0.2) is 4.98 Å². The Hall–Kier alpha value is -2.37. The summed E-state index contributed by atoms with van der Waals surface area (Å²) in [4.78, 5) is 6.69. The Kier molecular flexibility index (Phi) is 6.04. The Morgan fingerprint density at radius 1 is 1.00 bits per heavy atom. The molecule has 4 nitrogen and oxygen atoms in total. The van der Waals surface area contributed by atoms with E-state index >= 15 is 0 Å². The number of hydrogen-bond acceptors (Lipinski definition) is 4. The summed E-state index contributed by atoms with van der Waals surface area (Å²) in [5, 5.41) is 8.03. The molecule has 5 heteroatoms. The summed E-state index contributed by atoms with van der Waals surface area (Å²) in [6, 6.07) is 18.8. The highest BCUT2D eigenvalue weighted by molar-refractivity contribution is 7.98. The molecule has 0 aliphatic heterocycles. The van der Waals surface area contributed by atoms with Gasteiger partial charge in [0.2, 0.25) is 5.16 Å². The minimum Gasteiger partial charge on any atom is -0.305 e. The van der Waals surface area contributed by atoms with Crippen LogP contribution in [0.3, 0.4) is 0 Å². The van der Waals surface area contributed by atoms with Crippen LogP contribution in [0.15, 0.2) is 59.8 Å². The fraction of sp³-hybridized carbons (Fsp3) is 0.200. The fourth-order valence-corrected chi connectivity index (χ4v) is 3.22. The lowest BCUT2D eigenvalue weighted by Gasteiger charge is -2.10. The highest BCUT2D eigenvalue weighted by Gasteiger charge is 2.04. The zero-order valence-corrected chi connectivity index (χ0v) is 15.3. The van der Waals surface area contributed by atoms with E-state index in [9.17, 15) is 0 Å². The summed E-state index contributed by atoms with van der Waals surface area (Å²) in [6.45, 7) is 0.952. The predicted octanol–water partition coefficient (Wildman–Crippen LogP) is 4.33. The molecule has 128 valence electrons. The SMILES string of the molecule is CN(C)Cc1cccc(CSc2n[nH]c(/C=C/c3ccccc3)n2)c1. The molecule has 0 spiro atoms. The monoisotopic (exact) mass is 350 g/mol. The van der Waals surface area contributed by atoms with Gasteiger partial charge in [-0.05, 0) is 36.9 Å². The van der Waals surface area contributed by atoms with Crippen molar-refractivity contribution in [2.45, 2.75) is 17.5 Å². The third kappa shape index (κ3) is 5.59. The van der Waals surface area contributed by atoms with Gasteiger partial charge in [0, 0.05) is 12.3 Å². The summed E-state index contributed by atoms with van der Waals surface area (Å²) in [5.41, 5.74) is 3.76. The normalized spacial score (nSPS) is 11.5. The van der Waals surface area contributed by atoms with Gasteiger partial charge in [-0.1, -0.05) is 72.4 Å². The Bertz CT molecular complexity index is 824. The minimum atomic E-state index is 0.769. The van der Waals surface area contributed by atoms with Crippen molar-refractivity contribution < 1.29 is 0 Å². The van der Waals surface area contributed by atoms with Crippen LogP contribution in [0.4, 0.5) is 0 Å². The van der Waals surface area contributed by atoms with E-state index in [1.54, 1.807) is 11.8 Å². The van der Waals surface area contributed by atoms with Crippen LogP contribution in [-0.4, -0.2) is 34.2 Å². The van der Waals surface area contributed by atoms with Crippen molar-refractivity contribution in [3.63, 3.8) is 0 Å². The van der Waals surface area contributed by atoms with Crippen LogP contribution in [-0.2, 0) is 12.3 Å². The summed E-state index contributed by atoms with van der Waals surface area (Å²) >= 11 is 1.64. The Morgan fingerprint density at radius 2 is 1.80 bits per heavy atom. The number of aromatic amines is 1. The standard InChI is InChI=1S/C20H22N4S/c1-24(2)14-17-9-6-10-18(13-17)15-25-20-21-19(22-23-20)12-11-16-7-4-3-5-8-16/h3-13H,14-15H2,1-2H3,(H,21,22,23)/b12-11+. The van der Waals surface area contributed by atoms with E-state index < -0.39 is 0 Å². The molecule has 3 rings (SSSR count).